The van der Waals surface area contributed by atoms with E-state index in [1.54, 1.807) is 41.5 Å². The molecule has 612 valence electrons. The molecule has 105 heavy (non-hydrogen) atoms. The van der Waals surface area contributed by atoms with Crippen LogP contribution >= 0.6 is 0 Å². The Bertz CT molecular complexity index is 1650. The highest BCUT2D eigenvalue weighted by Gasteiger charge is 2.25. The van der Waals surface area contributed by atoms with Gasteiger partial charge in [0.1, 0.15) is 110 Å². The van der Waals surface area contributed by atoms with Crippen LogP contribution in [0.2, 0.25) is 0 Å². The van der Waals surface area contributed by atoms with Crippen LogP contribution < -0.4 is 0 Å². The van der Waals surface area contributed by atoms with Crippen molar-refractivity contribution in [3.05, 3.63) is 128 Å². The summed E-state index contributed by atoms with van der Waals surface area (Å²) in [5, 5.41) is 0. The quantitative estimate of drug-likeness (QED) is 0.0233. The van der Waals surface area contributed by atoms with Crippen molar-refractivity contribution in [3.8, 4) is 0 Å². The van der Waals surface area contributed by atoms with Gasteiger partial charge in [-0.3, -0.25) is 0 Å². The van der Waals surface area contributed by atoms with Crippen LogP contribution in [0.15, 0.2) is 128 Å². The highest BCUT2D eigenvalue weighted by molar-refractivity contribution is 5.77. The van der Waals surface area contributed by atoms with Gasteiger partial charge in [-0.1, -0.05) is 220 Å². The lowest BCUT2D eigenvalue weighted by molar-refractivity contribution is -0.287. The summed E-state index contributed by atoms with van der Waals surface area (Å²) in [4.78, 5) is 99.2. The van der Waals surface area contributed by atoms with Crippen molar-refractivity contribution in [2.75, 3.05) is 13.2 Å². The van der Waals surface area contributed by atoms with Gasteiger partial charge in [-0.25, -0.2) is 9.59 Å². The fourth-order valence-electron chi connectivity index (χ4n) is 11.1. The second kappa shape index (κ2) is 77.4. The van der Waals surface area contributed by atoms with Crippen molar-refractivity contribution in [1.82, 2.24) is 0 Å². The summed E-state index contributed by atoms with van der Waals surface area (Å²) in [6, 6.07) is 0. The Morgan fingerprint density at radius 1 is 0.248 bits per heavy atom. The number of hydrogen-bond acceptors (Lipinski definition) is 23. The minimum Gasteiger partial charge on any atom is -0.502 e. The molecule has 8 saturated carbocycles. The van der Waals surface area contributed by atoms with Gasteiger partial charge in [-0.15, -0.1) is 0 Å². The van der Waals surface area contributed by atoms with Crippen molar-refractivity contribution in [2.24, 2.45) is 0 Å². The van der Waals surface area contributed by atoms with Crippen LogP contribution in [0.4, 0.5) is 9.59 Å². The lowest BCUT2D eigenvalue weighted by Crippen LogP contribution is -2.29. The Kier molecular flexibility index (Phi) is 76.0. The van der Waals surface area contributed by atoms with E-state index < -0.39 is 23.5 Å². The standard InChI is InChI=1S/C10H18O5.8C8H14O2.2C4H8O/c1-9(2,3)14-7(11)13-8(12)15-10(4,5)6;8*1-2-9-10-8-6-4-3-5-7-8;2*1-3-5-4-2/h1-6H3;8*2,8H,1,3-7H2;2*3H,1,4H2,2H3. The lowest BCUT2D eigenvalue weighted by Gasteiger charge is -2.20. The first-order valence-corrected chi connectivity index (χ1v) is 38.8. The molecular weight excluding hydrogens is 1350 g/mol. The first kappa shape index (κ1) is 103. The summed E-state index contributed by atoms with van der Waals surface area (Å²) >= 11 is 0. The van der Waals surface area contributed by atoms with Crippen molar-refractivity contribution in [1.29, 1.82) is 0 Å². The Morgan fingerprint density at radius 3 is 0.467 bits per heavy atom. The van der Waals surface area contributed by atoms with Gasteiger partial charge in [0.05, 0.1) is 25.7 Å². The fourth-order valence-corrected chi connectivity index (χ4v) is 11.1. The highest BCUT2D eigenvalue weighted by Crippen LogP contribution is 2.26. The molecule has 8 rings (SSSR count). The van der Waals surface area contributed by atoms with E-state index in [-0.39, 0.29) is 0 Å². The second-order valence-electron chi connectivity index (χ2n) is 27.2. The zero-order valence-corrected chi connectivity index (χ0v) is 66.6. The Morgan fingerprint density at radius 2 is 0.381 bits per heavy atom. The average Bonchev–Trinajstić information content (AvgIpc) is 1.04. The van der Waals surface area contributed by atoms with Crippen LogP contribution in [-0.4, -0.2) is 85.6 Å². The van der Waals surface area contributed by atoms with Crippen LogP contribution in [0.3, 0.4) is 0 Å². The van der Waals surface area contributed by atoms with E-state index in [4.69, 9.17) is 48.6 Å². The topological polar surface area (TPSA) is 228 Å². The Balaban J connectivity index is -0.00000110. The maximum Gasteiger partial charge on any atom is 0.519 e. The number of ether oxygens (including phenoxy) is 5. The van der Waals surface area contributed by atoms with E-state index >= 15 is 0 Å². The van der Waals surface area contributed by atoms with Gasteiger partial charge in [0.2, 0.25) is 0 Å². The van der Waals surface area contributed by atoms with Gasteiger partial charge in [0.25, 0.3) is 0 Å². The van der Waals surface area contributed by atoms with Crippen LogP contribution in [0.1, 0.15) is 312 Å². The highest BCUT2D eigenvalue weighted by atomic mass is 17.2. The number of hydrogen-bond donors (Lipinski definition) is 0. The van der Waals surface area contributed by atoms with E-state index in [0.29, 0.717) is 48.8 Å². The van der Waals surface area contributed by atoms with Gasteiger partial charge in [-0.05, 0) is 158 Å². The van der Waals surface area contributed by atoms with Gasteiger partial charge in [0, 0.05) is 0 Å². The molecule has 0 atom stereocenters. The molecule has 8 aliphatic carbocycles. The third kappa shape index (κ3) is 77.3. The summed E-state index contributed by atoms with van der Waals surface area (Å²) in [6.07, 6.45) is 63.0. The molecular formula is C82H146O23. The first-order chi connectivity index (χ1) is 50.8. The summed E-state index contributed by atoms with van der Waals surface area (Å²) in [5.74, 6) is 0. The lowest BCUT2D eigenvalue weighted by atomic mass is 9.98. The van der Waals surface area contributed by atoms with Crippen molar-refractivity contribution >= 4 is 12.3 Å². The molecule has 8 fully saturated rings. The minimum atomic E-state index is -1.06. The molecule has 0 aromatic heterocycles. The largest absolute Gasteiger partial charge is 0.519 e. The average molecular weight is 1500 g/mol. The van der Waals surface area contributed by atoms with Crippen molar-refractivity contribution in [2.45, 2.75) is 372 Å². The second-order valence-corrected chi connectivity index (χ2v) is 27.2. The molecule has 0 aromatic carbocycles. The van der Waals surface area contributed by atoms with Crippen molar-refractivity contribution < 1.29 is 111 Å². The molecule has 0 aliphatic heterocycles. The molecule has 0 unspecified atom stereocenters. The van der Waals surface area contributed by atoms with Crippen molar-refractivity contribution in [3.63, 3.8) is 0 Å². The minimum absolute atomic E-state index is 0.312. The molecule has 0 heterocycles. The monoisotopic (exact) mass is 1500 g/mol. The smallest absolute Gasteiger partial charge is 0.502 e. The predicted octanol–water partition coefficient (Wildman–Crippen LogP) is 24.5. The molecule has 0 radical (unpaired) electrons. The van der Waals surface area contributed by atoms with Crippen LogP contribution in [-0.2, 0) is 102 Å². The summed E-state index contributed by atoms with van der Waals surface area (Å²) in [6.45, 7) is 49.1. The molecule has 23 nitrogen and oxygen atoms in total. The maximum atomic E-state index is 11.0. The van der Waals surface area contributed by atoms with E-state index in [1.165, 1.54) is 217 Å². The van der Waals surface area contributed by atoms with Crippen LogP contribution in [0, 0.1) is 0 Å². The first-order valence-electron chi connectivity index (χ1n) is 38.8. The summed E-state index contributed by atoms with van der Waals surface area (Å²) in [7, 11) is 0. The maximum absolute atomic E-state index is 11.0. The molecule has 23 heteroatoms. The van der Waals surface area contributed by atoms with Crippen LogP contribution in [0.25, 0.3) is 0 Å². The fraction of sp³-hybridized carbons (Fsp3) is 0.732. The van der Waals surface area contributed by atoms with Gasteiger partial charge >= 0.3 is 12.3 Å². The summed E-state index contributed by atoms with van der Waals surface area (Å²) < 4.78 is 23.0. The zero-order chi connectivity index (χ0) is 78.4. The van der Waals surface area contributed by atoms with Gasteiger partial charge in [0.15, 0.2) is 0 Å². The van der Waals surface area contributed by atoms with E-state index in [9.17, 15) is 9.59 Å². The molecule has 0 spiro atoms. The molecule has 0 amide bonds. The molecule has 0 aromatic rings. The Hall–Kier alpha value is -6.18. The Labute approximate surface area is 635 Å². The molecule has 0 N–H and O–H groups in total. The molecule has 0 saturated heterocycles. The van der Waals surface area contributed by atoms with E-state index in [2.05, 4.69) is 119 Å². The number of rotatable bonds is 28. The normalized spacial score (nSPS) is 17.9. The zero-order valence-electron chi connectivity index (χ0n) is 66.6. The van der Waals surface area contributed by atoms with E-state index in [1.807, 2.05) is 13.8 Å². The summed E-state index contributed by atoms with van der Waals surface area (Å²) in [5.41, 5.74) is -1.39. The van der Waals surface area contributed by atoms with Crippen LogP contribution in [0.5, 0.6) is 0 Å². The van der Waals surface area contributed by atoms with Gasteiger partial charge in [-0.2, -0.15) is 39.1 Å². The third-order valence-electron chi connectivity index (χ3n) is 16.0. The number of carbonyl (C=O) groups is 2. The SMILES string of the molecule is C=COCC.C=COCC.C=COOC1CCCCC1.C=COOC1CCCCC1.C=COOC1CCCCC1.C=COOC1CCCCC1.C=COOC1CCCCC1.C=COOC1CCCCC1.C=COOC1CCCCC1.C=COOC1CCCCC1.CC(C)(C)OC(=O)OC(=O)OC(C)(C)C. The molecule has 8 aliphatic rings. The van der Waals surface area contributed by atoms with E-state index in [0.717, 1.165) is 116 Å². The molecule has 0 bridgehead atoms. The number of carbonyl (C=O) groups excluding carboxylic acids is 2. The predicted molar refractivity (Wildman–Crippen MR) is 411 cm³/mol. The van der Waals surface area contributed by atoms with Gasteiger partial charge < -0.3 is 62.8 Å². The third-order valence-corrected chi connectivity index (χ3v) is 16.0.